The number of aryl methyl sites for hydroxylation is 2. The fourth-order valence-corrected chi connectivity index (χ4v) is 3.93. The van der Waals surface area contributed by atoms with Crippen molar-refractivity contribution >= 4 is 16.9 Å². The number of carbonyl (C=O) groups is 1. The zero-order valence-electron chi connectivity index (χ0n) is 18.2. The molecule has 7 nitrogen and oxygen atoms in total. The molecule has 1 aliphatic heterocycles. The number of hydrogen-bond donors (Lipinski definition) is 1. The van der Waals surface area contributed by atoms with Gasteiger partial charge in [0.15, 0.2) is 17.6 Å². The van der Waals surface area contributed by atoms with E-state index < -0.39 is 17.2 Å². The average Bonchev–Trinajstić information content (AvgIpc) is 2.80. The number of ether oxygens (including phenoxy) is 3. The smallest absolute Gasteiger partial charge is 0.354 e. The molecule has 3 aromatic rings. The molecule has 0 amide bonds. The van der Waals surface area contributed by atoms with Crippen LogP contribution < -0.4 is 15.1 Å². The molecule has 4 rings (SSSR count). The molecule has 0 saturated carbocycles. The second kappa shape index (κ2) is 9.44. The van der Waals surface area contributed by atoms with Crippen LogP contribution in [0.1, 0.15) is 53.2 Å². The minimum atomic E-state index is -1.39. The Morgan fingerprint density at radius 3 is 2.66 bits per heavy atom. The van der Waals surface area contributed by atoms with Gasteiger partial charge in [-0.25, -0.2) is 9.59 Å². The highest BCUT2D eigenvalue weighted by atomic mass is 16.7. The maximum Gasteiger partial charge on any atom is 0.354 e. The number of hydrogen-bond acceptors (Lipinski definition) is 6. The second-order valence-electron chi connectivity index (χ2n) is 7.80. The standard InChI is InChI=1S/C25H26O7/c1-3-17-13-18(31-19-11-7-8-12-29-19)15(2)22-20(17)23(21(24(26)27)25(28)32-22)30-14-16-9-5-4-6-10-16/h4-6,9-10,13,19H,3,7-8,11-12,14H2,1-2H3,(H,26,27). The second-order valence-corrected chi connectivity index (χ2v) is 7.80. The van der Waals surface area contributed by atoms with Crippen molar-refractivity contribution in [2.24, 2.45) is 0 Å². The molecule has 1 unspecified atom stereocenters. The summed E-state index contributed by atoms with van der Waals surface area (Å²) in [5.74, 6) is -0.811. The fourth-order valence-electron chi connectivity index (χ4n) is 3.93. The first kappa shape index (κ1) is 21.9. The van der Waals surface area contributed by atoms with Crippen molar-refractivity contribution in [3.63, 3.8) is 0 Å². The minimum Gasteiger partial charge on any atom is -0.487 e. The molecule has 2 aromatic carbocycles. The van der Waals surface area contributed by atoms with E-state index in [0.29, 0.717) is 29.7 Å². The summed E-state index contributed by atoms with van der Waals surface area (Å²) in [6.07, 6.45) is 3.01. The number of fused-ring (bicyclic) bond motifs is 1. The van der Waals surface area contributed by atoms with Gasteiger partial charge in [0.2, 0.25) is 0 Å². The first-order valence-electron chi connectivity index (χ1n) is 10.8. The SMILES string of the molecule is CCc1cc(OC2CCCCO2)c(C)c2oc(=O)c(C(=O)O)c(OCc3ccccc3)c12. The summed E-state index contributed by atoms with van der Waals surface area (Å²) in [7, 11) is 0. The van der Waals surface area contributed by atoms with Crippen molar-refractivity contribution in [2.45, 2.75) is 52.4 Å². The third-order valence-corrected chi connectivity index (χ3v) is 5.63. The minimum absolute atomic E-state index is 0.0213. The summed E-state index contributed by atoms with van der Waals surface area (Å²) < 4.78 is 23.2. The third-order valence-electron chi connectivity index (χ3n) is 5.63. The number of benzene rings is 2. The lowest BCUT2D eigenvalue weighted by molar-refractivity contribution is -0.106. The quantitative estimate of drug-likeness (QED) is 0.527. The summed E-state index contributed by atoms with van der Waals surface area (Å²) in [5.41, 5.74) is 1.04. The molecule has 0 spiro atoms. The molecule has 1 saturated heterocycles. The Hall–Kier alpha value is -3.32. The lowest BCUT2D eigenvalue weighted by Crippen LogP contribution is -2.25. The van der Waals surface area contributed by atoms with Crippen LogP contribution in [0.25, 0.3) is 11.0 Å². The zero-order valence-corrected chi connectivity index (χ0v) is 18.2. The molecule has 1 aromatic heterocycles. The highest BCUT2D eigenvalue weighted by molar-refractivity contribution is 6.00. The van der Waals surface area contributed by atoms with Crippen molar-refractivity contribution in [1.82, 2.24) is 0 Å². The van der Waals surface area contributed by atoms with E-state index in [9.17, 15) is 14.7 Å². The summed E-state index contributed by atoms with van der Waals surface area (Å²) in [5, 5.41) is 10.2. The van der Waals surface area contributed by atoms with Gasteiger partial charge < -0.3 is 23.7 Å². The molecule has 0 aliphatic carbocycles. The van der Waals surface area contributed by atoms with Crippen LogP contribution in [0.4, 0.5) is 0 Å². The van der Waals surface area contributed by atoms with Crippen LogP contribution in [-0.4, -0.2) is 24.0 Å². The largest absolute Gasteiger partial charge is 0.487 e. The van der Waals surface area contributed by atoms with Crippen LogP contribution in [0, 0.1) is 6.92 Å². The van der Waals surface area contributed by atoms with Crippen molar-refractivity contribution in [2.75, 3.05) is 6.61 Å². The van der Waals surface area contributed by atoms with Gasteiger partial charge in [0, 0.05) is 12.0 Å². The zero-order chi connectivity index (χ0) is 22.7. The van der Waals surface area contributed by atoms with E-state index in [1.807, 2.05) is 43.3 Å². The predicted octanol–water partition coefficient (Wildman–Crippen LogP) is 4.85. The maximum atomic E-state index is 12.7. The van der Waals surface area contributed by atoms with Crippen LogP contribution in [0.15, 0.2) is 45.6 Å². The van der Waals surface area contributed by atoms with Gasteiger partial charge >= 0.3 is 11.6 Å². The summed E-state index contributed by atoms with van der Waals surface area (Å²) >= 11 is 0. The highest BCUT2D eigenvalue weighted by Gasteiger charge is 2.27. The van der Waals surface area contributed by atoms with Crippen LogP contribution in [0.2, 0.25) is 0 Å². The van der Waals surface area contributed by atoms with Gasteiger partial charge in [-0.15, -0.1) is 0 Å². The topological polar surface area (TPSA) is 95.2 Å². The molecule has 1 aliphatic rings. The van der Waals surface area contributed by atoms with Gasteiger partial charge in [0.25, 0.3) is 0 Å². The van der Waals surface area contributed by atoms with E-state index in [4.69, 9.17) is 18.6 Å². The molecule has 0 bridgehead atoms. The average molecular weight is 438 g/mol. The Morgan fingerprint density at radius 2 is 2.00 bits per heavy atom. The number of carboxylic acids is 1. The van der Waals surface area contributed by atoms with Crippen LogP contribution in [-0.2, 0) is 17.8 Å². The lowest BCUT2D eigenvalue weighted by Gasteiger charge is -2.25. The number of rotatable bonds is 7. The predicted molar refractivity (Wildman–Crippen MR) is 119 cm³/mol. The highest BCUT2D eigenvalue weighted by Crippen LogP contribution is 2.38. The molecular formula is C25H26O7. The fraction of sp³-hybridized carbons (Fsp3) is 0.360. The maximum absolute atomic E-state index is 12.7. The Morgan fingerprint density at radius 1 is 1.22 bits per heavy atom. The van der Waals surface area contributed by atoms with Gasteiger partial charge in [-0.1, -0.05) is 37.3 Å². The molecule has 2 heterocycles. The molecule has 32 heavy (non-hydrogen) atoms. The van der Waals surface area contributed by atoms with Crippen LogP contribution in [0.3, 0.4) is 0 Å². The summed E-state index contributed by atoms with van der Waals surface area (Å²) in [6.45, 7) is 4.49. The number of carboxylic acid groups (broad SMARTS) is 1. The van der Waals surface area contributed by atoms with Crippen LogP contribution >= 0.6 is 0 Å². The van der Waals surface area contributed by atoms with Crippen LogP contribution in [0.5, 0.6) is 11.5 Å². The van der Waals surface area contributed by atoms with Gasteiger partial charge in [-0.05, 0) is 43.4 Å². The lowest BCUT2D eigenvalue weighted by atomic mass is 10.00. The van der Waals surface area contributed by atoms with E-state index >= 15 is 0 Å². The molecule has 7 heteroatoms. The van der Waals surface area contributed by atoms with Crippen molar-refractivity contribution in [3.8, 4) is 11.5 Å². The molecule has 168 valence electrons. The first-order chi connectivity index (χ1) is 15.5. The van der Waals surface area contributed by atoms with E-state index in [2.05, 4.69) is 0 Å². The van der Waals surface area contributed by atoms with E-state index in [1.165, 1.54) is 0 Å². The Kier molecular flexibility index (Phi) is 6.46. The van der Waals surface area contributed by atoms with E-state index in [1.54, 1.807) is 6.92 Å². The summed E-state index contributed by atoms with van der Waals surface area (Å²) in [4.78, 5) is 24.6. The third kappa shape index (κ3) is 4.34. The Balaban J connectivity index is 1.85. The summed E-state index contributed by atoms with van der Waals surface area (Å²) in [6, 6.07) is 11.2. The van der Waals surface area contributed by atoms with Crippen molar-refractivity contribution < 1.29 is 28.5 Å². The van der Waals surface area contributed by atoms with Gasteiger partial charge in [0.1, 0.15) is 17.9 Å². The molecular weight excluding hydrogens is 412 g/mol. The van der Waals surface area contributed by atoms with Gasteiger partial charge in [-0.2, -0.15) is 0 Å². The molecule has 1 N–H and O–H groups in total. The normalized spacial score (nSPS) is 16.1. The van der Waals surface area contributed by atoms with Gasteiger partial charge in [0.05, 0.1) is 12.0 Å². The molecule has 1 fully saturated rings. The van der Waals surface area contributed by atoms with Crippen molar-refractivity contribution in [3.05, 3.63) is 69.1 Å². The van der Waals surface area contributed by atoms with Crippen molar-refractivity contribution in [1.29, 1.82) is 0 Å². The Bertz CT molecular complexity index is 1170. The number of aromatic carboxylic acids is 1. The van der Waals surface area contributed by atoms with E-state index in [-0.39, 0.29) is 24.2 Å². The van der Waals surface area contributed by atoms with Gasteiger partial charge in [-0.3, -0.25) is 0 Å². The first-order valence-corrected chi connectivity index (χ1v) is 10.8. The molecule has 0 radical (unpaired) electrons. The molecule has 1 atom stereocenters. The monoisotopic (exact) mass is 438 g/mol. The Labute approximate surface area is 185 Å². The van der Waals surface area contributed by atoms with E-state index in [0.717, 1.165) is 30.4 Å².